The molecule has 0 bridgehead atoms. The number of fused-ring (bicyclic) bond motifs is 10. The van der Waals surface area contributed by atoms with Crippen molar-refractivity contribution in [2.24, 2.45) is 0 Å². The molecule has 4 aromatic carbocycles. The normalized spacial score (nSPS) is 12.1. The summed E-state index contributed by atoms with van der Waals surface area (Å²) in [6, 6.07) is 34.8. The molecule has 29 heavy (non-hydrogen) atoms. The van der Waals surface area contributed by atoms with Crippen molar-refractivity contribution in [3.05, 3.63) is 97.1 Å². The first-order valence-corrected chi connectivity index (χ1v) is 9.91. The highest BCUT2D eigenvalue weighted by Crippen LogP contribution is 2.36. The van der Waals surface area contributed by atoms with Crippen LogP contribution in [-0.4, -0.2) is 9.38 Å². The third kappa shape index (κ3) is 1.98. The maximum atomic E-state index is 5.12. The van der Waals surface area contributed by atoms with E-state index in [0.29, 0.717) is 0 Å². The molecule has 7 aromatic rings. The molecule has 0 fully saturated rings. The van der Waals surface area contributed by atoms with E-state index in [1.54, 1.807) is 0 Å². The number of benzene rings is 4. The molecule has 0 aliphatic heterocycles. The number of hydrogen-bond acceptors (Lipinski definition) is 1. The Balaban J connectivity index is 1.86. The second kappa shape index (κ2) is 5.33. The lowest BCUT2D eigenvalue weighted by molar-refractivity contribution is 1.28. The van der Waals surface area contributed by atoms with E-state index in [2.05, 4.69) is 101 Å². The van der Waals surface area contributed by atoms with E-state index >= 15 is 0 Å². The zero-order valence-corrected chi connectivity index (χ0v) is 15.6. The van der Waals surface area contributed by atoms with Crippen LogP contribution in [0.2, 0.25) is 0 Å². The van der Waals surface area contributed by atoms with Gasteiger partial charge in [0, 0.05) is 21.5 Å². The van der Waals surface area contributed by atoms with E-state index < -0.39 is 0 Å². The largest absolute Gasteiger partial charge is 0.293 e. The van der Waals surface area contributed by atoms with Crippen molar-refractivity contribution in [2.75, 3.05) is 0 Å². The number of aromatic nitrogens is 2. The van der Waals surface area contributed by atoms with Crippen LogP contribution < -0.4 is 0 Å². The van der Waals surface area contributed by atoms with Crippen LogP contribution in [0, 0.1) is 0 Å². The molecule has 3 heterocycles. The van der Waals surface area contributed by atoms with Crippen LogP contribution in [-0.2, 0) is 0 Å². The number of para-hydroxylation sites is 2. The van der Waals surface area contributed by atoms with Gasteiger partial charge < -0.3 is 0 Å². The summed E-state index contributed by atoms with van der Waals surface area (Å²) in [4.78, 5) is 5.12. The molecule has 0 saturated heterocycles. The first kappa shape index (κ1) is 15.1. The predicted octanol–water partition coefficient (Wildman–Crippen LogP) is 7.10. The first-order chi connectivity index (χ1) is 14.4. The second-order valence-electron chi connectivity index (χ2n) is 7.72. The molecule has 0 aliphatic carbocycles. The molecule has 0 N–H and O–H groups in total. The summed E-state index contributed by atoms with van der Waals surface area (Å²) in [7, 11) is 0. The van der Waals surface area contributed by atoms with Gasteiger partial charge in [-0.3, -0.25) is 4.40 Å². The van der Waals surface area contributed by atoms with E-state index in [0.717, 1.165) is 11.2 Å². The van der Waals surface area contributed by atoms with Crippen molar-refractivity contribution < 1.29 is 0 Å². The van der Waals surface area contributed by atoms with E-state index in [1.165, 1.54) is 48.7 Å². The van der Waals surface area contributed by atoms with Gasteiger partial charge in [-0.05, 0) is 52.6 Å². The quantitative estimate of drug-likeness (QED) is 0.206. The number of pyridine rings is 2. The SMILES string of the molecule is c1ccc2cc3c(cc2c1)c1cc2ccccc2nc1n1c2ccccc2cc31. The van der Waals surface area contributed by atoms with Gasteiger partial charge in [0.2, 0.25) is 0 Å². The van der Waals surface area contributed by atoms with Gasteiger partial charge in [-0.1, -0.05) is 60.7 Å². The Kier molecular flexibility index (Phi) is 2.77. The van der Waals surface area contributed by atoms with Crippen molar-refractivity contribution in [2.45, 2.75) is 0 Å². The number of rotatable bonds is 0. The van der Waals surface area contributed by atoms with Crippen LogP contribution >= 0.6 is 0 Å². The van der Waals surface area contributed by atoms with Crippen LogP contribution in [0.15, 0.2) is 97.1 Å². The van der Waals surface area contributed by atoms with Crippen molar-refractivity contribution in [1.82, 2.24) is 9.38 Å². The highest BCUT2D eigenvalue weighted by molar-refractivity contribution is 6.19. The molecular formula is C27H16N2. The summed E-state index contributed by atoms with van der Waals surface area (Å²) in [6.07, 6.45) is 0. The molecular weight excluding hydrogens is 352 g/mol. The molecule has 0 aliphatic rings. The highest BCUT2D eigenvalue weighted by atomic mass is 15.0. The fraction of sp³-hybridized carbons (Fsp3) is 0. The first-order valence-electron chi connectivity index (χ1n) is 9.91. The Morgan fingerprint density at radius 3 is 1.93 bits per heavy atom. The molecule has 0 atom stereocenters. The minimum Gasteiger partial charge on any atom is -0.293 e. The van der Waals surface area contributed by atoms with E-state index in [9.17, 15) is 0 Å². The van der Waals surface area contributed by atoms with Crippen molar-refractivity contribution >= 4 is 59.9 Å². The third-order valence-electron chi connectivity index (χ3n) is 6.08. The standard InChI is InChI=1S/C27H16N2/c1-2-8-18-14-22-21(13-17(18)7-1)23-15-19-9-3-5-11-24(19)28-27(23)29-25-12-6-4-10-20(25)16-26(22)29/h1-16H. The molecule has 7 rings (SSSR count). The Morgan fingerprint density at radius 2 is 1.10 bits per heavy atom. The van der Waals surface area contributed by atoms with Crippen molar-refractivity contribution in [3.8, 4) is 0 Å². The number of hydrogen-bond donors (Lipinski definition) is 0. The lowest BCUT2D eigenvalue weighted by Crippen LogP contribution is -1.94. The Hall–Kier alpha value is -3.91. The molecule has 0 spiro atoms. The van der Waals surface area contributed by atoms with E-state index in [4.69, 9.17) is 4.98 Å². The fourth-order valence-electron chi connectivity index (χ4n) is 4.73. The number of nitrogens with zero attached hydrogens (tertiary/aromatic N) is 2. The third-order valence-corrected chi connectivity index (χ3v) is 6.08. The van der Waals surface area contributed by atoms with Crippen molar-refractivity contribution in [1.29, 1.82) is 0 Å². The van der Waals surface area contributed by atoms with Crippen molar-refractivity contribution in [3.63, 3.8) is 0 Å². The summed E-state index contributed by atoms with van der Waals surface area (Å²) in [6.45, 7) is 0. The summed E-state index contributed by atoms with van der Waals surface area (Å²) in [5.41, 5.74) is 4.45. The minimum atomic E-state index is 1.02. The second-order valence-corrected chi connectivity index (χ2v) is 7.72. The average Bonchev–Trinajstić information content (AvgIpc) is 3.17. The molecule has 3 aromatic heterocycles. The Labute approximate surface area is 166 Å². The van der Waals surface area contributed by atoms with Gasteiger partial charge in [-0.25, -0.2) is 4.98 Å². The van der Waals surface area contributed by atoms with Crippen LogP contribution in [0.3, 0.4) is 0 Å². The molecule has 0 radical (unpaired) electrons. The average molecular weight is 368 g/mol. The minimum absolute atomic E-state index is 1.02. The van der Waals surface area contributed by atoms with Gasteiger partial charge >= 0.3 is 0 Å². The lowest BCUT2D eigenvalue weighted by atomic mass is 10.0. The molecule has 2 nitrogen and oxygen atoms in total. The van der Waals surface area contributed by atoms with Crippen LogP contribution in [0.25, 0.3) is 59.9 Å². The van der Waals surface area contributed by atoms with Gasteiger partial charge in [0.25, 0.3) is 0 Å². The smallest absolute Gasteiger partial charge is 0.146 e. The highest BCUT2D eigenvalue weighted by Gasteiger charge is 2.14. The molecule has 2 heteroatoms. The maximum Gasteiger partial charge on any atom is 0.146 e. The topological polar surface area (TPSA) is 17.3 Å². The zero-order chi connectivity index (χ0) is 18.9. The monoisotopic (exact) mass is 368 g/mol. The van der Waals surface area contributed by atoms with Gasteiger partial charge in [-0.15, -0.1) is 0 Å². The molecule has 0 saturated carbocycles. The van der Waals surface area contributed by atoms with Gasteiger partial charge in [-0.2, -0.15) is 0 Å². The summed E-state index contributed by atoms with van der Waals surface area (Å²) in [5, 5.41) is 8.65. The Morgan fingerprint density at radius 1 is 0.483 bits per heavy atom. The summed E-state index contributed by atoms with van der Waals surface area (Å²) in [5.74, 6) is 0. The molecule has 134 valence electrons. The van der Waals surface area contributed by atoms with Gasteiger partial charge in [0.05, 0.1) is 16.6 Å². The van der Waals surface area contributed by atoms with E-state index in [1.807, 2.05) is 0 Å². The van der Waals surface area contributed by atoms with Crippen LogP contribution in [0.4, 0.5) is 0 Å². The lowest BCUT2D eigenvalue weighted by Gasteiger charge is -2.12. The van der Waals surface area contributed by atoms with Crippen LogP contribution in [0.5, 0.6) is 0 Å². The maximum absolute atomic E-state index is 5.12. The Bertz CT molecular complexity index is 1760. The van der Waals surface area contributed by atoms with Gasteiger partial charge in [0.1, 0.15) is 5.65 Å². The molecule has 0 amide bonds. The predicted molar refractivity (Wildman–Crippen MR) is 123 cm³/mol. The fourth-order valence-corrected chi connectivity index (χ4v) is 4.73. The summed E-state index contributed by atoms with van der Waals surface area (Å²) >= 11 is 0. The zero-order valence-electron chi connectivity index (χ0n) is 15.6. The van der Waals surface area contributed by atoms with Crippen LogP contribution in [0.1, 0.15) is 0 Å². The van der Waals surface area contributed by atoms with Gasteiger partial charge in [0.15, 0.2) is 0 Å². The molecule has 0 unspecified atom stereocenters. The summed E-state index contributed by atoms with van der Waals surface area (Å²) < 4.78 is 2.33. The van der Waals surface area contributed by atoms with E-state index in [-0.39, 0.29) is 0 Å².